The van der Waals surface area contributed by atoms with Crippen molar-refractivity contribution in [3.05, 3.63) is 64.1 Å². The number of nitrogen functional groups attached to an aromatic ring is 1. The van der Waals surface area contributed by atoms with Gasteiger partial charge in [-0.15, -0.1) is 0 Å². The number of rotatable bonds is 2. The van der Waals surface area contributed by atoms with Crippen molar-refractivity contribution in [1.29, 1.82) is 0 Å². The van der Waals surface area contributed by atoms with Crippen molar-refractivity contribution in [2.24, 2.45) is 0 Å². The van der Waals surface area contributed by atoms with Crippen LogP contribution >= 0.6 is 0 Å². The molecule has 0 saturated heterocycles. The van der Waals surface area contributed by atoms with Gasteiger partial charge in [0.2, 0.25) is 0 Å². The molecule has 4 nitrogen and oxygen atoms in total. The number of hydrogen-bond acceptors (Lipinski definition) is 3. The first-order valence-electron chi connectivity index (χ1n) is 6.09. The Morgan fingerprint density at radius 1 is 1.16 bits per heavy atom. The number of benzene rings is 2. The normalized spacial score (nSPS) is 11.0. The molecular formula is C15H14N2O2. The molecule has 0 spiro atoms. The maximum Gasteiger partial charge on any atom is 0.420 e. The third-order valence-electron chi connectivity index (χ3n) is 3.39. The fraction of sp³-hybridized carbons (Fsp3) is 0.133. The predicted octanol–water partition coefficient (Wildman–Crippen LogP) is 2.53. The molecule has 96 valence electrons. The van der Waals surface area contributed by atoms with Crippen molar-refractivity contribution >= 4 is 16.8 Å². The molecule has 19 heavy (non-hydrogen) atoms. The number of anilines is 1. The third-order valence-corrected chi connectivity index (χ3v) is 3.39. The zero-order chi connectivity index (χ0) is 13.4. The molecule has 0 aliphatic carbocycles. The Balaban J connectivity index is 2.13. The SMILES string of the molecule is Cc1c(N)cccc1Cn1c(=O)oc2ccccc21. The molecule has 1 heterocycles. The van der Waals surface area contributed by atoms with E-state index < -0.39 is 0 Å². The third kappa shape index (κ3) is 1.91. The molecule has 0 saturated carbocycles. The summed E-state index contributed by atoms with van der Waals surface area (Å²) in [5.41, 5.74) is 10.1. The number of oxazole rings is 1. The average molecular weight is 254 g/mol. The Bertz CT molecular complexity index is 799. The maximum atomic E-state index is 11.9. The topological polar surface area (TPSA) is 61.2 Å². The number of hydrogen-bond donors (Lipinski definition) is 1. The van der Waals surface area contributed by atoms with E-state index in [-0.39, 0.29) is 5.76 Å². The van der Waals surface area contributed by atoms with Gasteiger partial charge in [-0.2, -0.15) is 0 Å². The number of fused-ring (bicyclic) bond motifs is 1. The monoisotopic (exact) mass is 254 g/mol. The lowest BCUT2D eigenvalue weighted by Crippen LogP contribution is -2.15. The van der Waals surface area contributed by atoms with Crippen LogP contribution in [0.5, 0.6) is 0 Å². The molecule has 2 aromatic carbocycles. The van der Waals surface area contributed by atoms with Crippen LogP contribution in [0, 0.1) is 6.92 Å². The molecular weight excluding hydrogens is 240 g/mol. The van der Waals surface area contributed by atoms with Gasteiger partial charge in [-0.25, -0.2) is 4.79 Å². The van der Waals surface area contributed by atoms with Crippen molar-refractivity contribution < 1.29 is 4.42 Å². The molecule has 0 unspecified atom stereocenters. The summed E-state index contributed by atoms with van der Waals surface area (Å²) in [6.07, 6.45) is 0. The van der Waals surface area contributed by atoms with Crippen LogP contribution in [0.2, 0.25) is 0 Å². The molecule has 0 fully saturated rings. The molecule has 1 aromatic heterocycles. The lowest BCUT2D eigenvalue weighted by Gasteiger charge is -2.08. The summed E-state index contributed by atoms with van der Waals surface area (Å²) in [6, 6.07) is 13.1. The predicted molar refractivity (Wildman–Crippen MR) is 75.2 cm³/mol. The number of nitrogens with two attached hydrogens (primary N) is 1. The van der Waals surface area contributed by atoms with Crippen molar-refractivity contribution in [2.45, 2.75) is 13.5 Å². The molecule has 0 bridgehead atoms. The van der Waals surface area contributed by atoms with E-state index >= 15 is 0 Å². The van der Waals surface area contributed by atoms with Gasteiger partial charge in [-0.3, -0.25) is 4.57 Å². The van der Waals surface area contributed by atoms with Gasteiger partial charge in [0, 0.05) is 5.69 Å². The quantitative estimate of drug-likeness (QED) is 0.715. The van der Waals surface area contributed by atoms with Crippen molar-refractivity contribution in [3.8, 4) is 0 Å². The van der Waals surface area contributed by atoms with Gasteiger partial charge in [0.1, 0.15) is 0 Å². The average Bonchev–Trinajstić information content (AvgIpc) is 2.72. The summed E-state index contributed by atoms with van der Waals surface area (Å²) in [6.45, 7) is 2.42. The highest BCUT2D eigenvalue weighted by molar-refractivity contribution is 5.72. The Labute approximate surface area is 110 Å². The Morgan fingerprint density at radius 3 is 2.79 bits per heavy atom. The van der Waals surface area contributed by atoms with Gasteiger partial charge in [0.15, 0.2) is 5.58 Å². The first-order valence-corrected chi connectivity index (χ1v) is 6.09. The van der Waals surface area contributed by atoms with Gasteiger partial charge in [0.05, 0.1) is 12.1 Å². The minimum absolute atomic E-state index is 0.344. The summed E-state index contributed by atoms with van der Waals surface area (Å²) < 4.78 is 6.84. The number of aromatic nitrogens is 1. The van der Waals surface area contributed by atoms with E-state index in [1.807, 2.05) is 43.3 Å². The van der Waals surface area contributed by atoms with E-state index in [0.29, 0.717) is 12.1 Å². The highest BCUT2D eigenvalue weighted by atomic mass is 16.4. The van der Waals surface area contributed by atoms with Crippen molar-refractivity contribution in [1.82, 2.24) is 4.57 Å². The van der Waals surface area contributed by atoms with Crippen LogP contribution in [0.1, 0.15) is 11.1 Å². The molecule has 0 atom stereocenters. The second-order valence-corrected chi connectivity index (χ2v) is 4.55. The highest BCUT2D eigenvalue weighted by Crippen LogP contribution is 2.18. The molecule has 4 heteroatoms. The van der Waals surface area contributed by atoms with Crippen molar-refractivity contribution in [3.63, 3.8) is 0 Å². The van der Waals surface area contributed by atoms with E-state index in [1.54, 1.807) is 10.6 Å². The largest absolute Gasteiger partial charge is 0.420 e. The summed E-state index contributed by atoms with van der Waals surface area (Å²) in [7, 11) is 0. The number of nitrogens with zero attached hydrogens (tertiary/aromatic N) is 1. The van der Waals surface area contributed by atoms with Crippen LogP contribution in [0.4, 0.5) is 5.69 Å². The minimum atomic E-state index is -0.344. The first kappa shape index (κ1) is 11.6. The highest BCUT2D eigenvalue weighted by Gasteiger charge is 2.10. The van der Waals surface area contributed by atoms with Crippen LogP contribution in [0.3, 0.4) is 0 Å². The van der Waals surface area contributed by atoms with Crippen LogP contribution < -0.4 is 11.5 Å². The Morgan fingerprint density at radius 2 is 1.95 bits per heavy atom. The van der Waals surface area contributed by atoms with E-state index in [0.717, 1.165) is 22.3 Å². The van der Waals surface area contributed by atoms with Crippen LogP contribution in [-0.4, -0.2) is 4.57 Å². The Hall–Kier alpha value is -2.49. The Kier molecular flexibility index (Phi) is 2.63. The number of para-hydroxylation sites is 2. The molecule has 2 N–H and O–H groups in total. The minimum Gasteiger partial charge on any atom is -0.408 e. The summed E-state index contributed by atoms with van der Waals surface area (Å²) >= 11 is 0. The fourth-order valence-electron chi connectivity index (χ4n) is 2.21. The van der Waals surface area contributed by atoms with Gasteiger partial charge in [0.25, 0.3) is 0 Å². The van der Waals surface area contributed by atoms with E-state index in [1.165, 1.54) is 0 Å². The van der Waals surface area contributed by atoms with E-state index in [4.69, 9.17) is 10.2 Å². The summed E-state index contributed by atoms with van der Waals surface area (Å²) in [5, 5.41) is 0. The smallest absolute Gasteiger partial charge is 0.408 e. The van der Waals surface area contributed by atoms with Crippen molar-refractivity contribution in [2.75, 3.05) is 5.73 Å². The van der Waals surface area contributed by atoms with Crippen LogP contribution in [0.15, 0.2) is 51.7 Å². The maximum absolute atomic E-state index is 11.9. The second kappa shape index (κ2) is 4.31. The standard InChI is InChI=1S/C15H14N2O2/c1-10-11(5-4-6-12(10)16)9-17-13-7-2-3-8-14(13)19-15(17)18/h2-8H,9,16H2,1H3. The molecule has 0 amide bonds. The van der Waals surface area contributed by atoms with E-state index in [9.17, 15) is 4.79 Å². The lowest BCUT2D eigenvalue weighted by molar-refractivity contribution is 0.517. The zero-order valence-corrected chi connectivity index (χ0v) is 10.6. The van der Waals surface area contributed by atoms with Gasteiger partial charge in [-0.1, -0.05) is 24.3 Å². The first-order chi connectivity index (χ1) is 9.16. The van der Waals surface area contributed by atoms with Crippen LogP contribution in [-0.2, 0) is 6.54 Å². The van der Waals surface area contributed by atoms with E-state index in [2.05, 4.69) is 0 Å². The molecule has 3 aromatic rings. The summed E-state index contributed by atoms with van der Waals surface area (Å²) in [5.74, 6) is -0.344. The molecule has 3 rings (SSSR count). The van der Waals surface area contributed by atoms with Gasteiger partial charge in [-0.05, 0) is 36.2 Å². The van der Waals surface area contributed by atoms with Gasteiger partial charge >= 0.3 is 5.76 Å². The zero-order valence-electron chi connectivity index (χ0n) is 10.6. The molecule has 0 aliphatic rings. The summed E-state index contributed by atoms with van der Waals surface area (Å²) in [4.78, 5) is 11.9. The molecule has 0 aliphatic heterocycles. The lowest BCUT2D eigenvalue weighted by atomic mass is 10.1. The molecule has 0 radical (unpaired) electrons. The fourth-order valence-corrected chi connectivity index (χ4v) is 2.21. The van der Waals surface area contributed by atoms with Crippen LogP contribution in [0.25, 0.3) is 11.1 Å². The second-order valence-electron chi connectivity index (χ2n) is 4.55. The van der Waals surface area contributed by atoms with Gasteiger partial charge < -0.3 is 10.2 Å².